The highest BCUT2D eigenvalue weighted by molar-refractivity contribution is 7.80. The van der Waals surface area contributed by atoms with Gasteiger partial charge in [0.25, 0.3) is 5.91 Å². The fourth-order valence-electron chi connectivity index (χ4n) is 1.98. The van der Waals surface area contributed by atoms with Crippen LogP contribution in [0.5, 0.6) is 0 Å². The van der Waals surface area contributed by atoms with Crippen LogP contribution < -0.4 is 16.0 Å². The second-order valence-corrected chi connectivity index (χ2v) is 5.80. The Bertz CT molecular complexity index is 819. The van der Waals surface area contributed by atoms with Gasteiger partial charge in [0.1, 0.15) is 0 Å². The van der Waals surface area contributed by atoms with Gasteiger partial charge in [0, 0.05) is 18.1 Å². The Labute approximate surface area is 156 Å². The van der Waals surface area contributed by atoms with E-state index >= 15 is 0 Å². The molecule has 0 fully saturated rings. The molecule has 2 aromatic rings. The minimum Gasteiger partial charge on any atom is -0.355 e. The number of benzene rings is 2. The van der Waals surface area contributed by atoms with Crippen molar-refractivity contribution in [3.8, 4) is 0 Å². The maximum Gasteiger partial charge on any atom is 0.253 e. The molecule has 2 rings (SSSR count). The van der Waals surface area contributed by atoms with Crippen molar-refractivity contribution in [1.29, 1.82) is 0 Å². The quantitative estimate of drug-likeness (QED) is 0.568. The van der Waals surface area contributed by atoms with Crippen LogP contribution in [0.25, 0.3) is 6.08 Å². The molecule has 0 aliphatic carbocycles. The van der Waals surface area contributed by atoms with Crippen LogP contribution in [0.15, 0.2) is 54.6 Å². The molecule has 2 amide bonds. The van der Waals surface area contributed by atoms with Crippen molar-refractivity contribution in [3.05, 3.63) is 70.8 Å². The van der Waals surface area contributed by atoms with E-state index in [2.05, 4.69) is 16.0 Å². The molecule has 0 atom stereocenters. The molecule has 5 nitrogen and oxygen atoms in total. The number of halogens is 1. The number of carbonyl (C=O) groups is 2. The Balaban J connectivity index is 1.97. The number of hydrogen-bond acceptors (Lipinski definition) is 3. The van der Waals surface area contributed by atoms with E-state index in [4.69, 9.17) is 23.8 Å². The zero-order valence-corrected chi connectivity index (χ0v) is 14.9. The maximum atomic E-state index is 11.9. The third-order valence-electron chi connectivity index (χ3n) is 3.18. The van der Waals surface area contributed by atoms with E-state index in [-0.39, 0.29) is 16.9 Å². The van der Waals surface area contributed by atoms with Crippen LogP contribution in [-0.2, 0) is 4.79 Å². The van der Waals surface area contributed by atoms with E-state index in [0.717, 1.165) is 5.56 Å². The summed E-state index contributed by atoms with van der Waals surface area (Å²) < 4.78 is 0. The van der Waals surface area contributed by atoms with Gasteiger partial charge in [-0.05, 0) is 48.1 Å². The van der Waals surface area contributed by atoms with Crippen molar-refractivity contribution in [2.45, 2.75) is 0 Å². The molecule has 128 valence electrons. The largest absolute Gasteiger partial charge is 0.355 e. The highest BCUT2D eigenvalue weighted by Crippen LogP contribution is 2.14. The average molecular weight is 374 g/mol. The average Bonchev–Trinajstić information content (AvgIpc) is 2.61. The molecule has 3 N–H and O–H groups in total. The zero-order valence-electron chi connectivity index (χ0n) is 13.4. The highest BCUT2D eigenvalue weighted by atomic mass is 35.5. The Hall–Kier alpha value is -2.70. The molecule has 25 heavy (non-hydrogen) atoms. The van der Waals surface area contributed by atoms with Crippen molar-refractivity contribution in [2.24, 2.45) is 0 Å². The van der Waals surface area contributed by atoms with E-state index < -0.39 is 0 Å². The molecular formula is C18H16ClN3O2S. The summed E-state index contributed by atoms with van der Waals surface area (Å²) in [5.74, 6) is -0.635. The van der Waals surface area contributed by atoms with Crippen LogP contribution in [0, 0.1) is 0 Å². The molecule has 0 aliphatic rings. The number of rotatable bonds is 4. The predicted octanol–water partition coefficient (Wildman–Crippen LogP) is 3.23. The summed E-state index contributed by atoms with van der Waals surface area (Å²) in [7, 11) is 1.54. The number of hydrogen-bond donors (Lipinski definition) is 3. The van der Waals surface area contributed by atoms with Crippen molar-refractivity contribution in [1.82, 2.24) is 10.6 Å². The van der Waals surface area contributed by atoms with Gasteiger partial charge in [0.05, 0.1) is 11.3 Å². The van der Waals surface area contributed by atoms with Crippen LogP contribution in [0.2, 0.25) is 5.02 Å². The van der Waals surface area contributed by atoms with E-state index in [1.165, 1.54) is 6.08 Å². The number of anilines is 1. The number of para-hydroxylation sites is 1. The number of carbonyl (C=O) groups excluding carboxylic acids is 2. The van der Waals surface area contributed by atoms with Gasteiger partial charge in [-0.15, -0.1) is 0 Å². The highest BCUT2D eigenvalue weighted by Gasteiger charge is 2.10. The van der Waals surface area contributed by atoms with Gasteiger partial charge in [-0.1, -0.05) is 35.9 Å². The first kappa shape index (κ1) is 18.6. The monoisotopic (exact) mass is 373 g/mol. The molecule has 0 spiro atoms. The van der Waals surface area contributed by atoms with Gasteiger partial charge in [0.2, 0.25) is 5.91 Å². The van der Waals surface area contributed by atoms with E-state index in [0.29, 0.717) is 16.3 Å². The molecule has 0 saturated heterocycles. The molecule has 0 saturated carbocycles. The lowest BCUT2D eigenvalue weighted by Crippen LogP contribution is -2.33. The summed E-state index contributed by atoms with van der Waals surface area (Å²) in [4.78, 5) is 23.7. The van der Waals surface area contributed by atoms with E-state index in [9.17, 15) is 9.59 Å². The summed E-state index contributed by atoms with van der Waals surface area (Å²) in [5, 5.41) is 8.65. The Morgan fingerprint density at radius 2 is 1.76 bits per heavy atom. The minimum atomic E-state index is -0.384. The van der Waals surface area contributed by atoms with E-state index in [1.807, 2.05) is 0 Å². The van der Waals surface area contributed by atoms with Crippen LogP contribution in [0.3, 0.4) is 0 Å². The fraction of sp³-hybridized carbons (Fsp3) is 0.0556. The first-order valence-corrected chi connectivity index (χ1v) is 8.15. The summed E-state index contributed by atoms with van der Waals surface area (Å²) >= 11 is 10.9. The van der Waals surface area contributed by atoms with Crippen molar-refractivity contribution in [3.63, 3.8) is 0 Å². The molecule has 7 heteroatoms. The lowest BCUT2D eigenvalue weighted by Gasteiger charge is -2.11. The summed E-state index contributed by atoms with van der Waals surface area (Å²) in [6.45, 7) is 0. The standard InChI is InChI=1S/C18H16ClN3O2S/c1-20-17(24)14-4-2-3-5-15(14)21-18(25)22-16(23)11-8-12-6-9-13(19)10-7-12/h2-11H,1H3,(H,20,24)(H2,21,22,23,25)/b11-8+. The first-order chi connectivity index (χ1) is 12.0. The number of nitrogens with one attached hydrogen (secondary N) is 3. The molecule has 0 heterocycles. The van der Waals surface area contributed by atoms with Gasteiger partial charge in [-0.3, -0.25) is 14.9 Å². The predicted molar refractivity (Wildman–Crippen MR) is 105 cm³/mol. The lowest BCUT2D eigenvalue weighted by atomic mass is 10.1. The second-order valence-electron chi connectivity index (χ2n) is 4.95. The third kappa shape index (κ3) is 5.70. The Kier molecular flexibility index (Phi) is 6.68. The zero-order chi connectivity index (χ0) is 18.2. The second kappa shape index (κ2) is 8.96. The molecule has 0 unspecified atom stereocenters. The van der Waals surface area contributed by atoms with E-state index in [1.54, 1.807) is 61.7 Å². The molecule has 0 aromatic heterocycles. The topological polar surface area (TPSA) is 70.2 Å². The van der Waals surface area contributed by atoms with Crippen molar-refractivity contribution < 1.29 is 9.59 Å². The minimum absolute atomic E-state index is 0.0992. The van der Waals surface area contributed by atoms with Crippen LogP contribution in [0.4, 0.5) is 5.69 Å². The first-order valence-electron chi connectivity index (χ1n) is 7.36. The fourth-order valence-corrected chi connectivity index (χ4v) is 2.31. The van der Waals surface area contributed by atoms with Crippen LogP contribution in [-0.4, -0.2) is 24.0 Å². The van der Waals surface area contributed by atoms with Gasteiger partial charge in [0.15, 0.2) is 5.11 Å². The molecular weight excluding hydrogens is 358 g/mol. The summed E-state index contributed by atoms with van der Waals surface area (Å²) in [6.07, 6.45) is 3.01. The SMILES string of the molecule is CNC(=O)c1ccccc1NC(=S)NC(=O)/C=C/c1ccc(Cl)cc1. The lowest BCUT2D eigenvalue weighted by molar-refractivity contribution is -0.115. The molecule has 0 aliphatic heterocycles. The molecule has 2 aromatic carbocycles. The Morgan fingerprint density at radius 3 is 2.44 bits per heavy atom. The normalized spacial score (nSPS) is 10.3. The Morgan fingerprint density at radius 1 is 1.08 bits per heavy atom. The summed E-state index contributed by atoms with van der Waals surface area (Å²) in [6, 6.07) is 13.9. The van der Waals surface area contributed by atoms with Crippen molar-refractivity contribution >= 4 is 52.5 Å². The van der Waals surface area contributed by atoms with Crippen LogP contribution in [0.1, 0.15) is 15.9 Å². The smallest absolute Gasteiger partial charge is 0.253 e. The van der Waals surface area contributed by atoms with Gasteiger partial charge in [-0.25, -0.2) is 0 Å². The molecule has 0 bridgehead atoms. The number of amides is 2. The van der Waals surface area contributed by atoms with Gasteiger partial charge >= 0.3 is 0 Å². The van der Waals surface area contributed by atoms with Crippen LogP contribution >= 0.6 is 23.8 Å². The van der Waals surface area contributed by atoms with Gasteiger partial charge in [-0.2, -0.15) is 0 Å². The summed E-state index contributed by atoms with van der Waals surface area (Å²) in [5.41, 5.74) is 1.77. The van der Waals surface area contributed by atoms with Gasteiger partial charge < -0.3 is 10.6 Å². The molecule has 0 radical (unpaired) electrons. The van der Waals surface area contributed by atoms with Crippen molar-refractivity contribution in [2.75, 3.05) is 12.4 Å². The maximum absolute atomic E-state index is 11.9. The number of thiocarbonyl (C=S) groups is 1. The third-order valence-corrected chi connectivity index (χ3v) is 3.64.